The summed E-state index contributed by atoms with van der Waals surface area (Å²) in [6.45, 7) is 1.32. The van der Waals surface area contributed by atoms with E-state index in [0.29, 0.717) is 31.9 Å². The Morgan fingerprint density at radius 1 is 1.24 bits per heavy atom. The molecule has 0 bridgehead atoms. The maximum atomic E-state index is 11.8. The number of hydrogen-bond acceptors (Lipinski definition) is 3. The molecule has 0 saturated carbocycles. The van der Waals surface area contributed by atoms with E-state index in [1.54, 1.807) is 6.26 Å². The van der Waals surface area contributed by atoms with E-state index in [2.05, 4.69) is 11.4 Å². The minimum atomic E-state index is 0.0604. The molecule has 1 aromatic carbocycles. The fourth-order valence-electron chi connectivity index (χ4n) is 2.56. The normalized spacial score (nSPS) is 16.9. The Kier molecular flexibility index (Phi) is 4.24. The summed E-state index contributed by atoms with van der Waals surface area (Å²) < 4.78 is 10.9. The predicted octanol–water partition coefficient (Wildman–Crippen LogP) is 2.58. The maximum absolute atomic E-state index is 11.8. The van der Waals surface area contributed by atoms with Crippen molar-refractivity contribution in [2.45, 2.75) is 19.3 Å². The van der Waals surface area contributed by atoms with Gasteiger partial charge >= 0.3 is 0 Å². The van der Waals surface area contributed by atoms with Crippen LogP contribution >= 0.6 is 0 Å². The Morgan fingerprint density at radius 2 is 2.14 bits per heavy atom. The summed E-state index contributed by atoms with van der Waals surface area (Å²) in [6.07, 6.45) is 3.68. The number of carbonyl (C=O) groups is 1. The lowest BCUT2D eigenvalue weighted by Crippen LogP contribution is -2.34. The molecule has 2 heterocycles. The molecule has 1 aliphatic heterocycles. The van der Waals surface area contributed by atoms with Gasteiger partial charge in [-0.25, -0.2) is 0 Å². The lowest BCUT2D eigenvalue weighted by Gasteiger charge is -2.25. The SMILES string of the molecule is O=C(CCc1ccco1)NCC1COc2ccccc2C1. The molecule has 4 heteroatoms. The van der Waals surface area contributed by atoms with Crippen molar-refractivity contribution in [2.24, 2.45) is 5.92 Å². The first-order valence-electron chi connectivity index (χ1n) is 7.31. The lowest BCUT2D eigenvalue weighted by atomic mass is 9.97. The van der Waals surface area contributed by atoms with Gasteiger partial charge in [-0.1, -0.05) is 18.2 Å². The van der Waals surface area contributed by atoms with Crippen molar-refractivity contribution in [3.8, 4) is 5.75 Å². The molecule has 0 saturated heterocycles. The number of rotatable bonds is 5. The van der Waals surface area contributed by atoms with Crippen LogP contribution in [0.25, 0.3) is 0 Å². The zero-order chi connectivity index (χ0) is 14.5. The number of furan rings is 1. The first-order chi connectivity index (χ1) is 10.3. The number of para-hydroxylation sites is 1. The molecule has 0 spiro atoms. The van der Waals surface area contributed by atoms with Crippen LogP contribution in [-0.4, -0.2) is 19.1 Å². The summed E-state index contributed by atoms with van der Waals surface area (Å²) in [4.78, 5) is 11.8. The highest BCUT2D eigenvalue weighted by molar-refractivity contribution is 5.76. The number of aryl methyl sites for hydroxylation is 1. The van der Waals surface area contributed by atoms with Crippen molar-refractivity contribution in [1.82, 2.24) is 5.32 Å². The summed E-state index contributed by atoms with van der Waals surface area (Å²) in [5.41, 5.74) is 1.22. The van der Waals surface area contributed by atoms with Crippen LogP contribution in [0.15, 0.2) is 47.1 Å². The van der Waals surface area contributed by atoms with E-state index in [1.807, 2.05) is 30.3 Å². The van der Waals surface area contributed by atoms with Crippen molar-refractivity contribution in [3.05, 3.63) is 54.0 Å². The molecular weight excluding hydrogens is 266 g/mol. The van der Waals surface area contributed by atoms with Crippen molar-refractivity contribution in [2.75, 3.05) is 13.2 Å². The first kappa shape index (κ1) is 13.7. The molecule has 1 atom stereocenters. The van der Waals surface area contributed by atoms with Crippen LogP contribution in [0.1, 0.15) is 17.7 Å². The standard InChI is InChI=1S/C17H19NO3/c19-17(8-7-15-5-3-9-20-15)18-11-13-10-14-4-1-2-6-16(14)21-12-13/h1-6,9,13H,7-8,10-12H2,(H,18,19). The summed E-state index contributed by atoms with van der Waals surface area (Å²) in [5, 5.41) is 2.99. The van der Waals surface area contributed by atoms with Gasteiger partial charge in [0.25, 0.3) is 0 Å². The second kappa shape index (κ2) is 6.48. The highest BCUT2D eigenvalue weighted by Gasteiger charge is 2.19. The monoisotopic (exact) mass is 285 g/mol. The molecular formula is C17H19NO3. The quantitative estimate of drug-likeness (QED) is 0.918. The van der Waals surface area contributed by atoms with Crippen LogP contribution in [0.3, 0.4) is 0 Å². The third kappa shape index (κ3) is 3.66. The van der Waals surface area contributed by atoms with Gasteiger partial charge in [-0.2, -0.15) is 0 Å². The van der Waals surface area contributed by atoms with Gasteiger partial charge in [0.1, 0.15) is 11.5 Å². The van der Waals surface area contributed by atoms with E-state index in [-0.39, 0.29) is 5.91 Å². The molecule has 0 aliphatic carbocycles. The first-order valence-corrected chi connectivity index (χ1v) is 7.31. The minimum absolute atomic E-state index is 0.0604. The third-order valence-electron chi connectivity index (χ3n) is 3.72. The molecule has 1 aromatic heterocycles. The molecule has 1 aliphatic rings. The van der Waals surface area contributed by atoms with Crippen molar-refractivity contribution >= 4 is 5.91 Å². The molecule has 1 amide bonds. The Hall–Kier alpha value is -2.23. The molecule has 3 rings (SSSR count). The lowest BCUT2D eigenvalue weighted by molar-refractivity contribution is -0.121. The zero-order valence-corrected chi connectivity index (χ0v) is 11.9. The molecule has 21 heavy (non-hydrogen) atoms. The zero-order valence-electron chi connectivity index (χ0n) is 11.9. The summed E-state index contributed by atoms with van der Waals surface area (Å²) in [5.74, 6) is 2.22. The van der Waals surface area contributed by atoms with Gasteiger partial charge in [0.05, 0.1) is 12.9 Å². The van der Waals surface area contributed by atoms with Gasteiger partial charge in [0, 0.05) is 25.3 Å². The molecule has 0 fully saturated rings. The van der Waals surface area contributed by atoms with Crippen LogP contribution in [0.4, 0.5) is 0 Å². The van der Waals surface area contributed by atoms with E-state index in [4.69, 9.17) is 9.15 Å². The Bertz CT molecular complexity index is 592. The summed E-state index contributed by atoms with van der Waals surface area (Å²) >= 11 is 0. The number of ether oxygens (including phenoxy) is 1. The second-order valence-electron chi connectivity index (χ2n) is 5.37. The average Bonchev–Trinajstić information content (AvgIpc) is 3.04. The highest BCUT2D eigenvalue weighted by atomic mass is 16.5. The van der Waals surface area contributed by atoms with Gasteiger partial charge in [0.2, 0.25) is 5.91 Å². The molecule has 110 valence electrons. The minimum Gasteiger partial charge on any atom is -0.493 e. The molecule has 1 unspecified atom stereocenters. The van der Waals surface area contributed by atoms with Crippen LogP contribution in [-0.2, 0) is 17.6 Å². The number of carbonyl (C=O) groups excluding carboxylic acids is 1. The smallest absolute Gasteiger partial charge is 0.220 e. The average molecular weight is 285 g/mol. The topological polar surface area (TPSA) is 51.5 Å². The Morgan fingerprint density at radius 3 is 3.00 bits per heavy atom. The largest absolute Gasteiger partial charge is 0.493 e. The molecule has 2 aromatic rings. The van der Waals surface area contributed by atoms with Crippen molar-refractivity contribution in [3.63, 3.8) is 0 Å². The van der Waals surface area contributed by atoms with Crippen molar-refractivity contribution in [1.29, 1.82) is 0 Å². The molecule has 1 N–H and O–H groups in total. The van der Waals surface area contributed by atoms with E-state index >= 15 is 0 Å². The highest BCUT2D eigenvalue weighted by Crippen LogP contribution is 2.26. The number of fused-ring (bicyclic) bond motifs is 1. The molecule has 4 nitrogen and oxygen atoms in total. The van der Waals surface area contributed by atoms with E-state index in [9.17, 15) is 4.79 Å². The van der Waals surface area contributed by atoms with Gasteiger partial charge in [-0.15, -0.1) is 0 Å². The number of nitrogens with one attached hydrogen (secondary N) is 1. The van der Waals surface area contributed by atoms with Crippen LogP contribution < -0.4 is 10.1 Å². The number of benzene rings is 1. The maximum Gasteiger partial charge on any atom is 0.220 e. The third-order valence-corrected chi connectivity index (χ3v) is 3.72. The summed E-state index contributed by atoms with van der Waals surface area (Å²) in [7, 11) is 0. The van der Waals surface area contributed by atoms with E-state index < -0.39 is 0 Å². The van der Waals surface area contributed by atoms with Gasteiger partial charge in [-0.3, -0.25) is 4.79 Å². The number of amides is 1. The summed E-state index contributed by atoms with van der Waals surface area (Å²) in [6, 6.07) is 11.8. The number of hydrogen-bond donors (Lipinski definition) is 1. The predicted molar refractivity (Wildman–Crippen MR) is 79.2 cm³/mol. The van der Waals surface area contributed by atoms with Crippen LogP contribution in [0.2, 0.25) is 0 Å². The van der Waals surface area contributed by atoms with Crippen LogP contribution in [0.5, 0.6) is 5.75 Å². The van der Waals surface area contributed by atoms with Gasteiger partial charge < -0.3 is 14.5 Å². The Labute approximate surface area is 124 Å². The van der Waals surface area contributed by atoms with Gasteiger partial charge in [-0.05, 0) is 30.2 Å². The fourth-order valence-corrected chi connectivity index (χ4v) is 2.56. The second-order valence-corrected chi connectivity index (χ2v) is 5.37. The van der Waals surface area contributed by atoms with E-state index in [1.165, 1.54) is 5.56 Å². The fraction of sp³-hybridized carbons (Fsp3) is 0.353. The Balaban J connectivity index is 1.42. The van der Waals surface area contributed by atoms with Crippen LogP contribution in [0, 0.1) is 5.92 Å². The molecule has 0 radical (unpaired) electrons. The van der Waals surface area contributed by atoms with Gasteiger partial charge in [0.15, 0.2) is 0 Å². The van der Waals surface area contributed by atoms with E-state index in [0.717, 1.165) is 17.9 Å². The van der Waals surface area contributed by atoms with Crippen molar-refractivity contribution < 1.29 is 13.9 Å².